The Bertz CT molecular complexity index is 567. The highest BCUT2D eigenvalue weighted by Gasteiger charge is 2.15. The predicted octanol–water partition coefficient (Wildman–Crippen LogP) is 2.66. The quantitative estimate of drug-likeness (QED) is 0.417. The highest BCUT2D eigenvalue weighted by Crippen LogP contribution is 2.28. The van der Waals surface area contributed by atoms with Crippen molar-refractivity contribution < 1.29 is 23.9 Å². The van der Waals surface area contributed by atoms with Crippen molar-refractivity contribution in [2.45, 2.75) is 19.8 Å². The maximum atomic E-state index is 11.3. The van der Waals surface area contributed by atoms with E-state index in [1.54, 1.807) is 25.1 Å². The number of ether oxygens (including phenoxy) is 3. The van der Waals surface area contributed by atoms with Crippen LogP contribution < -0.4 is 9.47 Å². The molecule has 0 bridgehead atoms. The molecule has 0 atom stereocenters. The van der Waals surface area contributed by atoms with Crippen molar-refractivity contribution in [1.29, 1.82) is 0 Å². The highest BCUT2D eigenvalue weighted by atomic mass is 16.6. The van der Waals surface area contributed by atoms with Crippen LogP contribution in [0, 0.1) is 10.1 Å². The molecule has 0 saturated heterocycles. The van der Waals surface area contributed by atoms with Crippen molar-refractivity contribution >= 4 is 12.0 Å². The molecule has 0 unspecified atom stereocenters. The summed E-state index contributed by atoms with van der Waals surface area (Å²) in [6, 6.07) is 4.97. The molecule has 1 aromatic rings. The molecular formula is C15H19NO6. The van der Waals surface area contributed by atoms with Gasteiger partial charge in [-0.05, 0) is 24.6 Å². The van der Waals surface area contributed by atoms with Crippen molar-refractivity contribution in [1.82, 2.24) is 0 Å². The second kappa shape index (κ2) is 8.66. The number of carbonyl (C=O) groups excluding carboxylic acids is 1. The molecule has 7 heteroatoms. The summed E-state index contributed by atoms with van der Waals surface area (Å²) < 4.78 is 15.0. The van der Waals surface area contributed by atoms with Crippen LogP contribution in [0.4, 0.5) is 0 Å². The number of methoxy groups -OCH3 is 2. The predicted molar refractivity (Wildman–Crippen MR) is 80.4 cm³/mol. The number of benzene rings is 1. The van der Waals surface area contributed by atoms with Gasteiger partial charge in [0.1, 0.15) is 0 Å². The fourth-order valence-electron chi connectivity index (χ4n) is 1.81. The maximum Gasteiger partial charge on any atom is 0.306 e. The highest BCUT2D eigenvalue weighted by molar-refractivity contribution is 5.70. The minimum atomic E-state index is -0.504. The Morgan fingerprint density at radius 3 is 2.45 bits per heavy atom. The van der Waals surface area contributed by atoms with E-state index in [0.29, 0.717) is 17.1 Å². The first kappa shape index (κ1) is 17.5. The molecule has 0 spiro atoms. The average molecular weight is 309 g/mol. The van der Waals surface area contributed by atoms with Crippen molar-refractivity contribution in [3.05, 3.63) is 39.6 Å². The Labute approximate surface area is 128 Å². The second-order valence-electron chi connectivity index (χ2n) is 4.31. The van der Waals surface area contributed by atoms with Crippen LogP contribution in [0.1, 0.15) is 25.3 Å². The van der Waals surface area contributed by atoms with Crippen LogP contribution in [-0.2, 0) is 9.53 Å². The molecule has 0 aliphatic heterocycles. The van der Waals surface area contributed by atoms with Crippen LogP contribution in [0.5, 0.6) is 11.5 Å². The van der Waals surface area contributed by atoms with Gasteiger partial charge in [-0.2, -0.15) is 0 Å². The summed E-state index contributed by atoms with van der Waals surface area (Å²) in [6.07, 6.45) is 1.37. The number of hydrogen-bond donors (Lipinski definition) is 0. The third kappa shape index (κ3) is 5.08. The van der Waals surface area contributed by atoms with Gasteiger partial charge >= 0.3 is 5.97 Å². The Morgan fingerprint density at radius 1 is 1.23 bits per heavy atom. The first-order valence-electron chi connectivity index (χ1n) is 6.74. The largest absolute Gasteiger partial charge is 0.493 e. The van der Waals surface area contributed by atoms with Gasteiger partial charge in [0, 0.05) is 12.5 Å². The number of nitro groups is 1. The monoisotopic (exact) mass is 309 g/mol. The van der Waals surface area contributed by atoms with E-state index < -0.39 is 10.9 Å². The van der Waals surface area contributed by atoms with Crippen LogP contribution in [0.25, 0.3) is 6.08 Å². The molecule has 0 heterocycles. The molecule has 120 valence electrons. The van der Waals surface area contributed by atoms with E-state index in [2.05, 4.69) is 0 Å². The zero-order valence-electron chi connectivity index (χ0n) is 12.8. The molecule has 0 amide bonds. The topological polar surface area (TPSA) is 87.9 Å². The Balaban J connectivity index is 2.93. The smallest absolute Gasteiger partial charge is 0.306 e. The maximum absolute atomic E-state index is 11.3. The molecule has 0 aliphatic carbocycles. The third-order valence-corrected chi connectivity index (χ3v) is 2.87. The van der Waals surface area contributed by atoms with Crippen LogP contribution >= 0.6 is 0 Å². The zero-order chi connectivity index (χ0) is 16.5. The summed E-state index contributed by atoms with van der Waals surface area (Å²) in [6.45, 7) is 1.94. The van der Waals surface area contributed by atoms with Crippen molar-refractivity contribution in [2.24, 2.45) is 0 Å². The molecule has 0 radical (unpaired) electrons. The normalized spacial score (nSPS) is 11.0. The van der Waals surface area contributed by atoms with Gasteiger partial charge in [-0.15, -0.1) is 0 Å². The van der Waals surface area contributed by atoms with Gasteiger partial charge in [0.05, 0.1) is 32.2 Å². The summed E-state index contributed by atoms with van der Waals surface area (Å²) >= 11 is 0. The standard InChI is InChI=1S/C15H19NO6/c1-4-22-15(17)8-6-12(16(18)19)9-11-5-7-13(20-2)14(10-11)21-3/h5,7,9-10H,4,6,8H2,1-3H3/b12-9+. The number of nitrogens with zero attached hydrogens (tertiary/aromatic N) is 1. The lowest BCUT2D eigenvalue weighted by atomic mass is 10.1. The SMILES string of the molecule is CCOC(=O)CC/C(=C\c1ccc(OC)c(OC)c1)[N+](=O)[O-]. The van der Waals surface area contributed by atoms with Crippen LogP contribution in [-0.4, -0.2) is 31.7 Å². The molecule has 0 N–H and O–H groups in total. The van der Waals surface area contributed by atoms with Gasteiger partial charge in [0.2, 0.25) is 5.70 Å². The van der Waals surface area contributed by atoms with Gasteiger partial charge < -0.3 is 14.2 Å². The van der Waals surface area contributed by atoms with Crippen molar-refractivity contribution in [3.8, 4) is 11.5 Å². The molecule has 0 fully saturated rings. The Kier molecular flexibility index (Phi) is 6.88. The number of hydrogen-bond acceptors (Lipinski definition) is 6. The van der Waals surface area contributed by atoms with E-state index in [0.717, 1.165) is 0 Å². The fraction of sp³-hybridized carbons (Fsp3) is 0.400. The zero-order valence-corrected chi connectivity index (χ0v) is 12.8. The lowest BCUT2D eigenvalue weighted by Gasteiger charge is -2.07. The first-order chi connectivity index (χ1) is 10.5. The Morgan fingerprint density at radius 2 is 1.91 bits per heavy atom. The minimum absolute atomic E-state index is 0.000177. The first-order valence-corrected chi connectivity index (χ1v) is 6.74. The Hall–Kier alpha value is -2.57. The summed E-state index contributed by atoms with van der Waals surface area (Å²) in [5.41, 5.74) is 0.522. The minimum Gasteiger partial charge on any atom is -0.493 e. The van der Waals surface area contributed by atoms with E-state index in [-0.39, 0.29) is 25.1 Å². The van der Waals surface area contributed by atoms with Gasteiger partial charge in [-0.25, -0.2) is 0 Å². The lowest BCUT2D eigenvalue weighted by Crippen LogP contribution is -2.07. The molecule has 22 heavy (non-hydrogen) atoms. The summed E-state index contributed by atoms with van der Waals surface area (Å²) in [5, 5.41) is 11.1. The van der Waals surface area contributed by atoms with E-state index in [4.69, 9.17) is 14.2 Å². The molecule has 1 aromatic carbocycles. The van der Waals surface area contributed by atoms with Gasteiger partial charge in [0.25, 0.3) is 0 Å². The van der Waals surface area contributed by atoms with Crippen LogP contribution in [0.2, 0.25) is 0 Å². The molecule has 0 aromatic heterocycles. The molecule has 0 saturated carbocycles. The number of allylic oxidation sites excluding steroid dienone is 1. The van der Waals surface area contributed by atoms with Crippen molar-refractivity contribution in [2.75, 3.05) is 20.8 Å². The van der Waals surface area contributed by atoms with Gasteiger partial charge in [-0.1, -0.05) is 6.07 Å². The summed E-state index contributed by atoms with van der Waals surface area (Å²) in [7, 11) is 3.00. The van der Waals surface area contributed by atoms with Gasteiger partial charge in [0.15, 0.2) is 11.5 Å². The molecule has 0 aliphatic rings. The lowest BCUT2D eigenvalue weighted by molar-refractivity contribution is -0.426. The number of esters is 1. The fourth-order valence-corrected chi connectivity index (χ4v) is 1.81. The van der Waals surface area contributed by atoms with E-state index in [9.17, 15) is 14.9 Å². The average Bonchev–Trinajstić information content (AvgIpc) is 2.51. The number of rotatable bonds is 8. The van der Waals surface area contributed by atoms with E-state index in [1.165, 1.54) is 20.3 Å². The molecule has 7 nitrogen and oxygen atoms in total. The van der Waals surface area contributed by atoms with Gasteiger partial charge in [-0.3, -0.25) is 14.9 Å². The van der Waals surface area contributed by atoms with E-state index >= 15 is 0 Å². The van der Waals surface area contributed by atoms with Crippen molar-refractivity contribution in [3.63, 3.8) is 0 Å². The second-order valence-corrected chi connectivity index (χ2v) is 4.31. The van der Waals surface area contributed by atoms with E-state index in [1.807, 2.05) is 0 Å². The third-order valence-electron chi connectivity index (χ3n) is 2.87. The molecular weight excluding hydrogens is 290 g/mol. The summed E-state index contributed by atoms with van der Waals surface area (Å²) in [4.78, 5) is 21.9. The van der Waals surface area contributed by atoms with Crippen LogP contribution in [0.15, 0.2) is 23.9 Å². The van der Waals surface area contributed by atoms with Crippen LogP contribution in [0.3, 0.4) is 0 Å². The number of carbonyl (C=O) groups is 1. The summed E-state index contributed by atoms with van der Waals surface area (Å²) in [5.74, 6) is 0.556. The molecule has 1 rings (SSSR count).